The van der Waals surface area contributed by atoms with E-state index in [9.17, 15) is 9.18 Å². The number of aryl methyl sites for hydroxylation is 1. The second kappa shape index (κ2) is 8.61. The third-order valence-electron chi connectivity index (χ3n) is 4.48. The van der Waals surface area contributed by atoms with E-state index in [1.54, 1.807) is 24.4 Å². The summed E-state index contributed by atoms with van der Waals surface area (Å²) in [7, 11) is 0. The van der Waals surface area contributed by atoms with Crippen molar-refractivity contribution in [1.82, 2.24) is 9.97 Å². The zero-order valence-electron chi connectivity index (χ0n) is 16.2. The SMILES string of the molecule is CCN(C(=O)c1cc(C)ccc1F)c1ccnc(N[C@@H](C)c2ccccc2)n1. The summed E-state index contributed by atoms with van der Waals surface area (Å²) >= 11 is 0. The van der Waals surface area contributed by atoms with Crippen LogP contribution in [0.25, 0.3) is 0 Å². The Morgan fingerprint density at radius 3 is 2.64 bits per heavy atom. The minimum absolute atomic E-state index is 0.00329. The molecule has 0 saturated heterocycles. The number of anilines is 2. The minimum Gasteiger partial charge on any atom is -0.348 e. The molecular formula is C22H23FN4O. The molecule has 0 aliphatic rings. The summed E-state index contributed by atoms with van der Waals surface area (Å²) in [6.45, 7) is 6.02. The fourth-order valence-electron chi connectivity index (χ4n) is 2.95. The summed E-state index contributed by atoms with van der Waals surface area (Å²) in [5.41, 5.74) is 1.96. The fraction of sp³-hybridized carbons (Fsp3) is 0.227. The van der Waals surface area contributed by atoms with E-state index in [4.69, 9.17) is 0 Å². The van der Waals surface area contributed by atoms with E-state index in [-0.39, 0.29) is 11.6 Å². The van der Waals surface area contributed by atoms with Crippen molar-refractivity contribution in [3.05, 3.63) is 83.3 Å². The maximum atomic E-state index is 14.2. The van der Waals surface area contributed by atoms with E-state index in [2.05, 4.69) is 15.3 Å². The highest BCUT2D eigenvalue weighted by Crippen LogP contribution is 2.21. The molecule has 3 aromatic rings. The maximum Gasteiger partial charge on any atom is 0.262 e. The van der Waals surface area contributed by atoms with E-state index in [1.165, 1.54) is 11.0 Å². The molecule has 1 atom stereocenters. The predicted octanol–water partition coefficient (Wildman–Crippen LogP) is 4.76. The predicted molar refractivity (Wildman–Crippen MR) is 109 cm³/mol. The first kappa shape index (κ1) is 19.5. The van der Waals surface area contributed by atoms with Crippen molar-refractivity contribution in [2.45, 2.75) is 26.8 Å². The van der Waals surface area contributed by atoms with Gasteiger partial charge in [-0.05, 0) is 44.5 Å². The van der Waals surface area contributed by atoms with Crippen molar-refractivity contribution >= 4 is 17.7 Å². The van der Waals surface area contributed by atoms with Crippen LogP contribution in [0.2, 0.25) is 0 Å². The lowest BCUT2D eigenvalue weighted by Gasteiger charge is -2.21. The van der Waals surface area contributed by atoms with Gasteiger partial charge in [0.05, 0.1) is 11.6 Å². The Morgan fingerprint density at radius 1 is 1.18 bits per heavy atom. The number of benzene rings is 2. The number of carbonyl (C=O) groups is 1. The number of nitrogens with one attached hydrogen (secondary N) is 1. The van der Waals surface area contributed by atoms with Crippen LogP contribution in [0.15, 0.2) is 60.8 Å². The first-order valence-electron chi connectivity index (χ1n) is 9.22. The van der Waals surface area contributed by atoms with Crippen molar-refractivity contribution in [2.24, 2.45) is 0 Å². The van der Waals surface area contributed by atoms with Gasteiger partial charge in [-0.3, -0.25) is 9.69 Å². The van der Waals surface area contributed by atoms with Crippen molar-refractivity contribution in [2.75, 3.05) is 16.8 Å². The van der Waals surface area contributed by atoms with Crippen LogP contribution in [0, 0.1) is 12.7 Å². The average molecular weight is 378 g/mol. The van der Waals surface area contributed by atoms with Crippen molar-refractivity contribution in [3.8, 4) is 0 Å². The summed E-state index contributed by atoms with van der Waals surface area (Å²) in [5, 5.41) is 3.24. The van der Waals surface area contributed by atoms with E-state index < -0.39 is 11.7 Å². The summed E-state index contributed by atoms with van der Waals surface area (Å²) in [6, 6.07) is 16.1. The summed E-state index contributed by atoms with van der Waals surface area (Å²) in [5.74, 6) is -0.139. The van der Waals surface area contributed by atoms with Crippen LogP contribution < -0.4 is 10.2 Å². The second-order valence-electron chi connectivity index (χ2n) is 6.55. The molecule has 0 aliphatic heterocycles. The molecule has 5 nitrogen and oxygen atoms in total. The van der Waals surface area contributed by atoms with E-state index >= 15 is 0 Å². The molecule has 28 heavy (non-hydrogen) atoms. The number of nitrogens with zero attached hydrogens (tertiary/aromatic N) is 3. The van der Waals surface area contributed by atoms with Gasteiger partial charge in [-0.2, -0.15) is 4.98 Å². The lowest BCUT2D eigenvalue weighted by molar-refractivity contribution is 0.0983. The Bertz CT molecular complexity index is 962. The van der Waals surface area contributed by atoms with Gasteiger partial charge in [0.1, 0.15) is 11.6 Å². The molecule has 1 amide bonds. The Kier molecular flexibility index (Phi) is 5.99. The van der Waals surface area contributed by atoms with Crippen LogP contribution in [-0.4, -0.2) is 22.4 Å². The Balaban J connectivity index is 1.84. The molecule has 6 heteroatoms. The van der Waals surface area contributed by atoms with Crippen molar-refractivity contribution in [3.63, 3.8) is 0 Å². The number of hydrogen-bond donors (Lipinski definition) is 1. The highest BCUT2D eigenvalue weighted by Gasteiger charge is 2.21. The lowest BCUT2D eigenvalue weighted by Crippen LogP contribution is -2.32. The van der Waals surface area contributed by atoms with Gasteiger partial charge in [-0.1, -0.05) is 42.0 Å². The molecule has 0 saturated carbocycles. The quantitative estimate of drug-likeness (QED) is 0.672. The molecule has 144 valence electrons. The largest absolute Gasteiger partial charge is 0.348 e. The van der Waals surface area contributed by atoms with Crippen LogP contribution in [0.1, 0.15) is 41.4 Å². The molecule has 0 unspecified atom stereocenters. The van der Waals surface area contributed by atoms with Gasteiger partial charge in [0.25, 0.3) is 5.91 Å². The number of halogens is 1. The number of carbonyl (C=O) groups excluding carboxylic acids is 1. The van der Waals surface area contributed by atoms with Gasteiger partial charge >= 0.3 is 0 Å². The summed E-state index contributed by atoms with van der Waals surface area (Å²) < 4.78 is 14.2. The molecule has 1 heterocycles. The van der Waals surface area contributed by atoms with Crippen LogP contribution in [0.3, 0.4) is 0 Å². The molecule has 1 aromatic heterocycles. The maximum absolute atomic E-state index is 14.2. The van der Waals surface area contributed by atoms with Gasteiger partial charge in [-0.15, -0.1) is 0 Å². The molecule has 1 N–H and O–H groups in total. The molecule has 0 bridgehead atoms. The summed E-state index contributed by atoms with van der Waals surface area (Å²) in [4.78, 5) is 23.1. The Morgan fingerprint density at radius 2 is 1.93 bits per heavy atom. The number of amides is 1. The number of aromatic nitrogens is 2. The molecule has 3 rings (SSSR count). The molecule has 0 fully saturated rings. The third-order valence-corrected chi connectivity index (χ3v) is 4.48. The molecule has 2 aromatic carbocycles. The van der Waals surface area contributed by atoms with Gasteiger partial charge in [-0.25, -0.2) is 9.37 Å². The first-order valence-corrected chi connectivity index (χ1v) is 9.22. The second-order valence-corrected chi connectivity index (χ2v) is 6.55. The molecular weight excluding hydrogens is 355 g/mol. The smallest absolute Gasteiger partial charge is 0.262 e. The zero-order chi connectivity index (χ0) is 20.1. The van der Waals surface area contributed by atoms with Crippen LogP contribution in [-0.2, 0) is 0 Å². The summed E-state index contributed by atoms with van der Waals surface area (Å²) in [6.07, 6.45) is 1.59. The van der Waals surface area contributed by atoms with Gasteiger partial charge < -0.3 is 5.32 Å². The van der Waals surface area contributed by atoms with E-state index in [0.29, 0.717) is 18.3 Å². The average Bonchev–Trinajstić information content (AvgIpc) is 2.71. The van der Waals surface area contributed by atoms with Crippen molar-refractivity contribution in [1.29, 1.82) is 0 Å². The lowest BCUT2D eigenvalue weighted by atomic mass is 10.1. The highest BCUT2D eigenvalue weighted by molar-refractivity contribution is 6.05. The topological polar surface area (TPSA) is 58.1 Å². The molecule has 0 aliphatic carbocycles. The number of hydrogen-bond acceptors (Lipinski definition) is 4. The first-order chi connectivity index (χ1) is 13.5. The minimum atomic E-state index is -0.542. The normalized spacial score (nSPS) is 11.7. The van der Waals surface area contributed by atoms with Gasteiger partial charge in [0.15, 0.2) is 0 Å². The van der Waals surface area contributed by atoms with Gasteiger partial charge in [0, 0.05) is 12.7 Å². The fourth-order valence-corrected chi connectivity index (χ4v) is 2.95. The Hall–Kier alpha value is -3.28. The monoisotopic (exact) mass is 378 g/mol. The van der Waals surface area contributed by atoms with Crippen LogP contribution >= 0.6 is 0 Å². The van der Waals surface area contributed by atoms with Crippen LogP contribution in [0.5, 0.6) is 0 Å². The molecule has 0 radical (unpaired) electrons. The third kappa shape index (κ3) is 4.34. The standard InChI is InChI=1S/C22H23FN4O/c1-4-27(21(28)18-14-15(2)10-11-19(18)23)20-12-13-24-22(26-20)25-16(3)17-8-6-5-7-9-17/h5-14,16H,4H2,1-3H3,(H,24,25,26)/t16-/m0/s1. The Labute approximate surface area is 164 Å². The number of rotatable bonds is 6. The van der Waals surface area contributed by atoms with Crippen LogP contribution in [0.4, 0.5) is 16.2 Å². The highest BCUT2D eigenvalue weighted by atomic mass is 19.1. The van der Waals surface area contributed by atoms with Gasteiger partial charge in [0.2, 0.25) is 5.95 Å². The van der Waals surface area contributed by atoms with Crippen molar-refractivity contribution < 1.29 is 9.18 Å². The van der Waals surface area contributed by atoms with E-state index in [0.717, 1.165) is 11.1 Å². The van der Waals surface area contributed by atoms with E-state index in [1.807, 2.05) is 51.1 Å². The zero-order valence-corrected chi connectivity index (χ0v) is 16.2. The molecule has 0 spiro atoms.